The van der Waals surface area contributed by atoms with E-state index in [9.17, 15) is 26.1 Å². The van der Waals surface area contributed by atoms with Gasteiger partial charge in [0.15, 0.2) is 0 Å². The third-order valence-corrected chi connectivity index (χ3v) is 3.64. The molecule has 0 bridgehead atoms. The van der Waals surface area contributed by atoms with Crippen LogP contribution in [0.2, 0.25) is 0 Å². The molecule has 0 spiro atoms. The highest BCUT2D eigenvalue weighted by atomic mass is 32.2. The van der Waals surface area contributed by atoms with E-state index in [4.69, 9.17) is 0 Å². The second-order valence-corrected chi connectivity index (χ2v) is 4.95. The standard InChI is InChI=1S/C9H9F4NO2S/c1-2-14(13)17(15,16)8-5-3-7(4-6-8)9(10,11)12/h3-6H,2H2,1H3. The second-order valence-electron chi connectivity index (χ2n) is 3.13. The van der Waals surface area contributed by atoms with Crippen molar-refractivity contribution >= 4 is 10.0 Å². The first-order valence-corrected chi connectivity index (χ1v) is 5.99. The van der Waals surface area contributed by atoms with E-state index < -0.39 is 37.7 Å². The van der Waals surface area contributed by atoms with Crippen LogP contribution in [-0.2, 0) is 16.2 Å². The molecule has 0 saturated carbocycles. The zero-order chi connectivity index (χ0) is 13.3. The first kappa shape index (κ1) is 13.9. The Hall–Kier alpha value is -1.15. The first-order chi connectivity index (χ1) is 7.69. The van der Waals surface area contributed by atoms with Crippen LogP contribution in [0.15, 0.2) is 29.2 Å². The average Bonchev–Trinajstić information content (AvgIpc) is 2.27. The topological polar surface area (TPSA) is 37.4 Å². The zero-order valence-corrected chi connectivity index (χ0v) is 9.52. The summed E-state index contributed by atoms with van der Waals surface area (Å²) in [6.07, 6.45) is -4.55. The Kier molecular flexibility index (Phi) is 3.78. The summed E-state index contributed by atoms with van der Waals surface area (Å²) in [4.78, 5) is -0.519. The normalized spacial score (nSPS) is 13.1. The summed E-state index contributed by atoms with van der Waals surface area (Å²) in [5.74, 6) is 0. The molecular weight excluding hydrogens is 262 g/mol. The fourth-order valence-electron chi connectivity index (χ4n) is 1.10. The van der Waals surface area contributed by atoms with E-state index in [0.29, 0.717) is 12.1 Å². The van der Waals surface area contributed by atoms with Crippen molar-refractivity contribution in [2.75, 3.05) is 6.54 Å². The Morgan fingerprint density at radius 3 is 2.00 bits per heavy atom. The number of sulfonamides is 1. The molecular formula is C9H9F4NO2S. The molecule has 0 saturated heterocycles. The van der Waals surface area contributed by atoms with Crippen LogP contribution >= 0.6 is 0 Å². The number of benzene rings is 1. The van der Waals surface area contributed by atoms with Crippen LogP contribution < -0.4 is 0 Å². The second kappa shape index (κ2) is 4.61. The molecule has 0 amide bonds. The summed E-state index contributed by atoms with van der Waals surface area (Å²) in [5, 5.41) is 0. The smallest absolute Gasteiger partial charge is 0.205 e. The maximum absolute atomic E-state index is 13.0. The average molecular weight is 271 g/mol. The van der Waals surface area contributed by atoms with E-state index >= 15 is 0 Å². The molecule has 3 nitrogen and oxygen atoms in total. The van der Waals surface area contributed by atoms with Gasteiger partial charge in [-0.2, -0.15) is 13.2 Å². The molecule has 0 aliphatic heterocycles. The highest BCUT2D eigenvalue weighted by molar-refractivity contribution is 7.89. The van der Waals surface area contributed by atoms with Gasteiger partial charge >= 0.3 is 6.18 Å². The summed E-state index contributed by atoms with van der Waals surface area (Å²) < 4.78 is 71.9. The molecule has 0 aromatic heterocycles. The third-order valence-electron chi connectivity index (χ3n) is 1.99. The molecule has 1 aromatic rings. The van der Waals surface area contributed by atoms with E-state index in [0.717, 1.165) is 12.1 Å². The highest BCUT2D eigenvalue weighted by Crippen LogP contribution is 2.30. The Labute approximate surface area is 95.6 Å². The lowest BCUT2D eigenvalue weighted by atomic mass is 10.2. The third kappa shape index (κ3) is 2.95. The molecule has 1 aromatic carbocycles. The predicted octanol–water partition coefficient (Wildman–Crippen LogP) is 2.60. The van der Waals surface area contributed by atoms with Crippen molar-refractivity contribution in [2.24, 2.45) is 0 Å². The quantitative estimate of drug-likeness (QED) is 0.626. The molecule has 0 heterocycles. The Morgan fingerprint density at radius 2 is 1.65 bits per heavy atom. The molecule has 0 fully saturated rings. The summed E-state index contributed by atoms with van der Waals surface area (Å²) in [5.41, 5.74) is -0.988. The van der Waals surface area contributed by atoms with Gasteiger partial charge in [0.05, 0.1) is 10.5 Å². The van der Waals surface area contributed by atoms with Crippen LogP contribution in [0.25, 0.3) is 0 Å². The Balaban J connectivity index is 3.12. The molecule has 96 valence electrons. The van der Waals surface area contributed by atoms with Crippen molar-refractivity contribution in [1.82, 2.24) is 4.53 Å². The number of hydrogen-bond acceptors (Lipinski definition) is 2. The maximum Gasteiger partial charge on any atom is 0.416 e. The minimum atomic E-state index is -4.55. The van der Waals surface area contributed by atoms with Crippen LogP contribution in [0.5, 0.6) is 0 Å². The fraction of sp³-hybridized carbons (Fsp3) is 0.333. The number of rotatable bonds is 3. The van der Waals surface area contributed by atoms with Gasteiger partial charge in [-0.15, -0.1) is 4.48 Å². The van der Waals surface area contributed by atoms with Crippen molar-refractivity contribution in [3.05, 3.63) is 29.8 Å². The molecule has 8 heteroatoms. The van der Waals surface area contributed by atoms with Gasteiger partial charge in [-0.1, -0.05) is 0 Å². The lowest BCUT2D eigenvalue weighted by molar-refractivity contribution is -0.137. The molecule has 17 heavy (non-hydrogen) atoms. The van der Waals surface area contributed by atoms with E-state index in [-0.39, 0.29) is 0 Å². The fourth-order valence-corrected chi connectivity index (χ4v) is 2.15. The predicted molar refractivity (Wildman–Crippen MR) is 52.1 cm³/mol. The zero-order valence-electron chi connectivity index (χ0n) is 8.70. The van der Waals surface area contributed by atoms with Gasteiger partial charge in [0.2, 0.25) is 0 Å². The summed E-state index contributed by atoms with van der Waals surface area (Å²) in [7, 11) is -4.35. The van der Waals surface area contributed by atoms with Crippen molar-refractivity contribution in [2.45, 2.75) is 18.0 Å². The van der Waals surface area contributed by atoms with Gasteiger partial charge in [-0.3, -0.25) is 0 Å². The lowest BCUT2D eigenvalue weighted by Gasteiger charge is -2.11. The van der Waals surface area contributed by atoms with Crippen LogP contribution in [0.1, 0.15) is 12.5 Å². The molecule has 0 aliphatic rings. The number of halogens is 4. The van der Waals surface area contributed by atoms with Gasteiger partial charge in [-0.05, 0) is 35.7 Å². The summed E-state index contributed by atoms with van der Waals surface area (Å²) in [6.45, 7) is 0.852. The van der Waals surface area contributed by atoms with Gasteiger partial charge in [-0.25, -0.2) is 8.42 Å². The maximum atomic E-state index is 13.0. The molecule has 0 atom stereocenters. The van der Waals surface area contributed by atoms with Crippen LogP contribution in [-0.4, -0.2) is 19.5 Å². The summed E-state index contributed by atoms with van der Waals surface area (Å²) in [6, 6.07) is 2.63. The minimum Gasteiger partial charge on any atom is -0.205 e. The molecule has 0 N–H and O–H groups in total. The highest BCUT2D eigenvalue weighted by Gasteiger charge is 2.31. The Morgan fingerprint density at radius 1 is 1.18 bits per heavy atom. The van der Waals surface area contributed by atoms with Crippen LogP contribution in [0.4, 0.5) is 17.7 Å². The van der Waals surface area contributed by atoms with Gasteiger partial charge in [0.25, 0.3) is 10.0 Å². The lowest BCUT2D eigenvalue weighted by Crippen LogP contribution is -2.22. The van der Waals surface area contributed by atoms with Crippen molar-refractivity contribution in [3.63, 3.8) is 0 Å². The minimum absolute atomic E-state index is 0.413. The Bertz CT molecular complexity index is 481. The van der Waals surface area contributed by atoms with Crippen molar-refractivity contribution in [3.8, 4) is 0 Å². The molecule has 0 radical (unpaired) electrons. The van der Waals surface area contributed by atoms with Crippen LogP contribution in [0, 0.1) is 0 Å². The van der Waals surface area contributed by atoms with Gasteiger partial charge in [0.1, 0.15) is 0 Å². The van der Waals surface area contributed by atoms with Crippen molar-refractivity contribution < 1.29 is 26.1 Å². The largest absolute Gasteiger partial charge is 0.416 e. The number of nitrogens with zero attached hydrogens (tertiary/aromatic N) is 1. The van der Waals surface area contributed by atoms with E-state index in [1.165, 1.54) is 6.92 Å². The van der Waals surface area contributed by atoms with Crippen molar-refractivity contribution in [1.29, 1.82) is 0 Å². The van der Waals surface area contributed by atoms with E-state index in [2.05, 4.69) is 0 Å². The monoisotopic (exact) mass is 271 g/mol. The van der Waals surface area contributed by atoms with E-state index in [1.807, 2.05) is 0 Å². The summed E-state index contributed by atoms with van der Waals surface area (Å²) >= 11 is 0. The van der Waals surface area contributed by atoms with E-state index in [1.54, 1.807) is 0 Å². The number of hydrogen-bond donors (Lipinski definition) is 0. The first-order valence-electron chi connectivity index (χ1n) is 4.55. The number of alkyl halides is 3. The molecule has 1 rings (SSSR count). The van der Waals surface area contributed by atoms with Gasteiger partial charge in [0, 0.05) is 6.54 Å². The SMILES string of the molecule is CCN(F)S(=O)(=O)c1ccc(C(F)(F)F)cc1. The molecule has 0 aliphatic carbocycles. The van der Waals surface area contributed by atoms with Crippen LogP contribution in [0.3, 0.4) is 0 Å². The molecule has 0 unspecified atom stereocenters. The van der Waals surface area contributed by atoms with Gasteiger partial charge < -0.3 is 0 Å².